The minimum atomic E-state index is 0.0864. The molecule has 0 atom stereocenters. The summed E-state index contributed by atoms with van der Waals surface area (Å²) in [4.78, 5) is 14.4. The lowest BCUT2D eigenvalue weighted by Gasteiger charge is -2.33. The Kier molecular flexibility index (Phi) is 6.56. The molecular weight excluding hydrogens is 278 g/mol. The first-order chi connectivity index (χ1) is 10.7. The van der Waals surface area contributed by atoms with E-state index in [1.807, 2.05) is 43.0 Å². The summed E-state index contributed by atoms with van der Waals surface area (Å²) in [5, 5.41) is 0. The SMILES string of the molecule is CCOc1ccc(OCC(=O)N(CC)C2CCCCC2)cc1. The second-order valence-electron chi connectivity index (χ2n) is 5.66. The summed E-state index contributed by atoms with van der Waals surface area (Å²) >= 11 is 0. The van der Waals surface area contributed by atoms with Crippen molar-refractivity contribution in [1.29, 1.82) is 0 Å². The van der Waals surface area contributed by atoms with E-state index < -0.39 is 0 Å². The lowest BCUT2D eigenvalue weighted by molar-refractivity contribution is -0.136. The number of ether oxygens (including phenoxy) is 2. The van der Waals surface area contributed by atoms with E-state index in [1.165, 1.54) is 19.3 Å². The molecule has 0 unspecified atom stereocenters. The Balaban J connectivity index is 1.84. The number of carbonyl (C=O) groups is 1. The van der Waals surface area contributed by atoms with Crippen LogP contribution in [0.5, 0.6) is 11.5 Å². The van der Waals surface area contributed by atoms with E-state index in [0.29, 0.717) is 18.4 Å². The van der Waals surface area contributed by atoms with Gasteiger partial charge in [-0.3, -0.25) is 4.79 Å². The highest BCUT2D eigenvalue weighted by atomic mass is 16.5. The number of carbonyl (C=O) groups excluding carboxylic acids is 1. The van der Waals surface area contributed by atoms with E-state index >= 15 is 0 Å². The topological polar surface area (TPSA) is 38.8 Å². The Bertz CT molecular complexity index is 452. The van der Waals surface area contributed by atoms with Gasteiger partial charge < -0.3 is 14.4 Å². The molecule has 1 aromatic carbocycles. The molecular formula is C18H27NO3. The molecule has 0 bridgehead atoms. The minimum Gasteiger partial charge on any atom is -0.494 e. The molecule has 0 heterocycles. The summed E-state index contributed by atoms with van der Waals surface area (Å²) in [6, 6.07) is 7.81. The fourth-order valence-electron chi connectivity index (χ4n) is 3.06. The van der Waals surface area contributed by atoms with Crippen molar-refractivity contribution in [1.82, 2.24) is 4.90 Å². The van der Waals surface area contributed by atoms with E-state index in [4.69, 9.17) is 9.47 Å². The molecule has 0 aliphatic heterocycles. The Labute approximate surface area is 133 Å². The van der Waals surface area contributed by atoms with E-state index in [9.17, 15) is 4.79 Å². The zero-order valence-corrected chi connectivity index (χ0v) is 13.7. The first-order valence-electron chi connectivity index (χ1n) is 8.39. The predicted molar refractivity (Wildman–Crippen MR) is 87.4 cm³/mol. The van der Waals surface area contributed by atoms with Crippen LogP contribution in [0.3, 0.4) is 0 Å². The molecule has 4 heteroatoms. The number of amides is 1. The van der Waals surface area contributed by atoms with Gasteiger partial charge in [0.05, 0.1) is 6.61 Å². The molecule has 22 heavy (non-hydrogen) atoms. The fraction of sp³-hybridized carbons (Fsp3) is 0.611. The van der Waals surface area contributed by atoms with Gasteiger partial charge in [-0.25, -0.2) is 0 Å². The van der Waals surface area contributed by atoms with Crippen LogP contribution >= 0.6 is 0 Å². The Morgan fingerprint density at radius 1 is 1.05 bits per heavy atom. The molecule has 0 saturated heterocycles. The zero-order chi connectivity index (χ0) is 15.8. The summed E-state index contributed by atoms with van der Waals surface area (Å²) in [6.07, 6.45) is 6.01. The van der Waals surface area contributed by atoms with Gasteiger partial charge in [0.2, 0.25) is 0 Å². The van der Waals surface area contributed by atoms with Crippen LogP contribution in [0.2, 0.25) is 0 Å². The first-order valence-corrected chi connectivity index (χ1v) is 8.39. The highest BCUT2D eigenvalue weighted by Crippen LogP contribution is 2.23. The Hall–Kier alpha value is -1.71. The first kappa shape index (κ1) is 16.7. The molecule has 0 radical (unpaired) electrons. The Morgan fingerprint density at radius 2 is 1.64 bits per heavy atom. The van der Waals surface area contributed by atoms with Crippen LogP contribution in [-0.2, 0) is 4.79 Å². The van der Waals surface area contributed by atoms with Crippen molar-refractivity contribution in [3.63, 3.8) is 0 Å². The molecule has 122 valence electrons. The monoisotopic (exact) mass is 305 g/mol. The maximum atomic E-state index is 12.4. The molecule has 1 aliphatic rings. The number of nitrogens with zero attached hydrogens (tertiary/aromatic N) is 1. The lowest BCUT2D eigenvalue weighted by atomic mass is 9.94. The lowest BCUT2D eigenvalue weighted by Crippen LogP contribution is -2.43. The van der Waals surface area contributed by atoms with E-state index in [-0.39, 0.29) is 12.5 Å². The largest absolute Gasteiger partial charge is 0.494 e. The van der Waals surface area contributed by atoms with Crippen LogP contribution in [0.25, 0.3) is 0 Å². The molecule has 1 aliphatic carbocycles. The van der Waals surface area contributed by atoms with Gasteiger partial charge in [-0.05, 0) is 51.0 Å². The van der Waals surface area contributed by atoms with E-state index in [2.05, 4.69) is 0 Å². The molecule has 0 N–H and O–H groups in total. The smallest absolute Gasteiger partial charge is 0.260 e. The van der Waals surface area contributed by atoms with E-state index in [1.54, 1.807) is 0 Å². The minimum absolute atomic E-state index is 0.0864. The number of hydrogen-bond acceptors (Lipinski definition) is 3. The summed E-state index contributed by atoms with van der Waals surface area (Å²) in [7, 11) is 0. The van der Waals surface area contributed by atoms with Crippen LogP contribution in [0.15, 0.2) is 24.3 Å². The van der Waals surface area contributed by atoms with Crippen LogP contribution in [0, 0.1) is 0 Å². The number of benzene rings is 1. The molecule has 2 rings (SSSR count). The van der Waals surface area contributed by atoms with Crippen molar-refractivity contribution in [3.05, 3.63) is 24.3 Å². The van der Waals surface area contributed by atoms with Crippen molar-refractivity contribution in [2.75, 3.05) is 19.8 Å². The van der Waals surface area contributed by atoms with Crippen LogP contribution < -0.4 is 9.47 Å². The standard InChI is InChI=1S/C18H27NO3/c1-3-19(15-8-6-5-7-9-15)18(20)14-22-17-12-10-16(11-13-17)21-4-2/h10-13,15H,3-9,14H2,1-2H3. The van der Waals surface area contributed by atoms with Crippen molar-refractivity contribution in [2.45, 2.75) is 52.0 Å². The normalized spacial score (nSPS) is 15.4. The number of likely N-dealkylation sites (N-methyl/N-ethyl adjacent to an activating group) is 1. The van der Waals surface area contributed by atoms with Crippen LogP contribution in [0.4, 0.5) is 0 Å². The summed E-state index contributed by atoms with van der Waals surface area (Å²) in [5.74, 6) is 1.61. The molecule has 4 nitrogen and oxygen atoms in total. The van der Waals surface area contributed by atoms with Gasteiger partial charge in [-0.1, -0.05) is 19.3 Å². The van der Waals surface area contributed by atoms with E-state index in [0.717, 1.165) is 25.1 Å². The second-order valence-corrected chi connectivity index (χ2v) is 5.66. The fourth-order valence-corrected chi connectivity index (χ4v) is 3.06. The highest BCUT2D eigenvalue weighted by Gasteiger charge is 2.24. The van der Waals surface area contributed by atoms with Gasteiger partial charge in [-0.15, -0.1) is 0 Å². The third kappa shape index (κ3) is 4.65. The number of hydrogen-bond donors (Lipinski definition) is 0. The predicted octanol–water partition coefficient (Wildman–Crippen LogP) is 3.65. The molecule has 0 spiro atoms. The molecule has 1 fully saturated rings. The molecule has 1 aromatic rings. The highest BCUT2D eigenvalue weighted by molar-refractivity contribution is 5.78. The molecule has 0 aromatic heterocycles. The van der Waals surface area contributed by atoms with Crippen molar-refractivity contribution < 1.29 is 14.3 Å². The quantitative estimate of drug-likeness (QED) is 0.772. The third-order valence-corrected chi connectivity index (χ3v) is 4.17. The summed E-state index contributed by atoms with van der Waals surface area (Å²) in [5.41, 5.74) is 0. The van der Waals surface area contributed by atoms with Gasteiger partial charge in [0.1, 0.15) is 11.5 Å². The van der Waals surface area contributed by atoms with Crippen molar-refractivity contribution in [3.8, 4) is 11.5 Å². The molecule has 1 amide bonds. The van der Waals surface area contributed by atoms with Crippen molar-refractivity contribution >= 4 is 5.91 Å². The van der Waals surface area contributed by atoms with Gasteiger partial charge >= 0.3 is 0 Å². The average Bonchev–Trinajstić information content (AvgIpc) is 2.56. The Morgan fingerprint density at radius 3 is 2.18 bits per heavy atom. The maximum Gasteiger partial charge on any atom is 0.260 e. The van der Waals surface area contributed by atoms with Crippen molar-refractivity contribution in [2.24, 2.45) is 0 Å². The summed E-state index contributed by atoms with van der Waals surface area (Å²) in [6.45, 7) is 5.51. The summed E-state index contributed by atoms with van der Waals surface area (Å²) < 4.78 is 11.0. The van der Waals surface area contributed by atoms with Gasteiger partial charge in [0.15, 0.2) is 6.61 Å². The third-order valence-electron chi connectivity index (χ3n) is 4.17. The van der Waals surface area contributed by atoms with Gasteiger partial charge in [0.25, 0.3) is 5.91 Å². The van der Waals surface area contributed by atoms with Gasteiger partial charge in [0, 0.05) is 12.6 Å². The second kappa shape index (κ2) is 8.66. The molecule has 1 saturated carbocycles. The van der Waals surface area contributed by atoms with Crippen LogP contribution in [0.1, 0.15) is 46.0 Å². The maximum absolute atomic E-state index is 12.4. The van der Waals surface area contributed by atoms with Crippen LogP contribution in [-0.4, -0.2) is 36.6 Å². The zero-order valence-electron chi connectivity index (χ0n) is 13.7. The number of rotatable bonds is 7. The van der Waals surface area contributed by atoms with Gasteiger partial charge in [-0.2, -0.15) is 0 Å². The average molecular weight is 305 g/mol.